The molecule has 7 nitrogen and oxygen atoms in total. The number of aromatic hydroxyl groups is 1. The van der Waals surface area contributed by atoms with Crippen LogP contribution in [0.3, 0.4) is 0 Å². The van der Waals surface area contributed by atoms with Crippen molar-refractivity contribution < 1.29 is 9.50 Å². The zero-order valence-electron chi connectivity index (χ0n) is 17.0. The number of benzene rings is 1. The highest BCUT2D eigenvalue weighted by atomic mass is 19.1. The Kier molecular flexibility index (Phi) is 4.05. The molecule has 2 aliphatic heterocycles. The topological polar surface area (TPSA) is 87.1 Å². The fourth-order valence-corrected chi connectivity index (χ4v) is 4.63. The van der Waals surface area contributed by atoms with Crippen molar-refractivity contribution in [2.24, 2.45) is 0 Å². The zero-order valence-corrected chi connectivity index (χ0v) is 17.0. The summed E-state index contributed by atoms with van der Waals surface area (Å²) in [7, 11) is 1.82. The van der Waals surface area contributed by atoms with Crippen LogP contribution in [0.1, 0.15) is 20.3 Å². The van der Waals surface area contributed by atoms with Gasteiger partial charge in [0.15, 0.2) is 11.6 Å². The first-order chi connectivity index (χ1) is 14.3. The van der Waals surface area contributed by atoms with Gasteiger partial charge in [-0.3, -0.25) is 10.3 Å². The minimum atomic E-state index is -1.10. The molecule has 30 heavy (non-hydrogen) atoms. The molecule has 2 bridgehead atoms. The summed E-state index contributed by atoms with van der Waals surface area (Å²) < 4.78 is 15.3. The monoisotopic (exact) mass is 406 g/mol. The highest BCUT2D eigenvalue weighted by Gasteiger charge is 2.53. The van der Waals surface area contributed by atoms with Gasteiger partial charge in [0.05, 0.1) is 23.3 Å². The third kappa shape index (κ3) is 2.90. The number of pyridine rings is 1. The van der Waals surface area contributed by atoms with Crippen LogP contribution in [0.5, 0.6) is 5.75 Å². The first kappa shape index (κ1) is 18.9. The van der Waals surface area contributed by atoms with Gasteiger partial charge in [-0.15, -0.1) is 10.2 Å². The SMILES string of the molecule is CN(c1cnc(-c2cc3ccncc3cc2O)nn1)[C@H]1C[C@]2(C)C=C[C@@](C)(N2)[C@@H]1F. The Bertz CT molecular complexity index is 1150. The maximum absolute atomic E-state index is 15.3. The van der Waals surface area contributed by atoms with E-state index in [1.165, 1.54) is 0 Å². The number of anilines is 1. The van der Waals surface area contributed by atoms with Crippen molar-refractivity contribution >= 4 is 16.6 Å². The Balaban J connectivity index is 1.44. The summed E-state index contributed by atoms with van der Waals surface area (Å²) in [5, 5.41) is 24.0. The average molecular weight is 406 g/mol. The van der Waals surface area contributed by atoms with Crippen LogP contribution < -0.4 is 10.2 Å². The number of hydrogen-bond donors (Lipinski definition) is 2. The largest absolute Gasteiger partial charge is 0.507 e. The molecule has 4 atom stereocenters. The van der Waals surface area contributed by atoms with E-state index < -0.39 is 11.7 Å². The molecule has 1 fully saturated rings. The van der Waals surface area contributed by atoms with E-state index in [0.29, 0.717) is 23.6 Å². The number of nitrogens with one attached hydrogen (secondary N) is 1. The van der Waals surface area contributed by atoms with Crippen LogP contribution >= 0.6 is 0 Å². The Labute approximate surface area is 173 Å². The van der Waals surface area contributed by atoms with E-state index >= 15 is 4.39 Å². The number of aromatic nitrogens is 4. The van der Waals surface area contributed by atoms with E-state index in [1.807, 2.05) is 37.1 Å². The average Bonchev–Trinajstić information content (AvgIpc) is 3.02. The van der Waals surface area contributed by atoms with Gasteiger partial charge < -0.3 is 10.0 Å². The molecule has 0 amide bonds. The molecule has 3 aromatic rings. The predicted octanol–water partition coefficient (Wildman–Crippen LogP) is 3.02. The zero-order chi connectivity index (χ0) is 21.1. The van der Waals surface area contributed by atoms with Gasteiger partial charge in [0.25, 0.3) is 0 Å². The molecule has 0 saturated carbocycles. The number of phenols is 1. The summed E-state index contributed by atoms with van der Waals surface area (Å²) in [6.07, 6.45) is 8.44. The van der Waals surface area contributed by atoms with Crippen molar-refractivity contribution in [3.05, 3.63) is 48.9 Å². The molecule has 2 aliphatic rings. The molecule has 0 radical (unpaired) electrons. The van der Waals surface area contributed by atoms with Crippen LogP contribution in [0.2, 0.25) is 0 Å². The van der Waals surface area contributed by atoms with Gasteiger partial charge in [-0.1, -0.05) is 12.2 Å². The van der Waals surface area contributed by atoms with Crippen molar-refractivity contribution in [2.45, 2.75) is 43.6 Å². The number of piperidine rings is 1. The Hall–Kier alpha value is -3.13. The highest BCUT2D eigenvalue weighted by Crippen LogP contribution is 2.41. The molecule has 2 aromatic heterocycles. The maximum Gasteiger partial charge on any atom is 0.185 e. The van der Waals surface area contributed by atoms with Crippen LogP contribution in [-0.4, -0.2) is 55.6 Å². The van der Waals surface area contributed by atoms with Crippen molar-refractivity contribution in [3.63, 3.8) is 0 Å². The summed E-state index contributed by atoms with van der Waals surface area (Å²) in [6.45, 7) is 3.96. The molecule has 0 spiro atoms. The maximum atomic E-state index is 15.3. The minimum Gasteiger partial charge on any atom is -0.507 e. The van der Waals surface area contributed by atoms with Gasteiger partial charge in [-0.25, -0.2) is 9.37 Å². The van der Waals surface area contributed by atoms with Crippen LogP contribution in [0.4, 0.5) is 10.2 Å². The summed E-state index contributed by atoms with van der Waals surface area (Å²) in [5.41, 5.74) is -0.454. The normalized spacial score (nSPS) is 30.0. The molecule has 4 heterocycles. The van der Waals surface area contributed by atoms with Gasteiger partial charge in [-0.05, 0) is 43.9 Å². The third-order valence-electron chi connectivity index (χ3n) is 6.30. The molecule has 2 N–H and O–H groups in total. The lowest BCUT2D eigenvalue weighted by atomic mass is 9.81. The molecule has 0 aliphatic carbocycles. The Morgan fingerprint density at radius 1 is 1.17 bits per heavy atom. The highest BCUT2D eigenvalue weighted by molar-refractivity contribution is 5.88. The van der Waals surface area contributed by atoms with Crippen LogP contribution in [0, 0.1) is 0 Å². The van der Waals surface area contributed by atoms with E-state index in [1.54, 1.807) is 24.7 Å². The first-order valence-corrected chi connectivity index (χ1v) is 9.91. The second-order valence-electron chi connectivity index (χ2n) is 8.67. The molecule has 1 aromatic carbocycles. The summed E-state index contributed by atoms with van der Waals surface area (Å²) in [6, 6.07) is 4.94. The van der Waals surface area contributed by atoms with E-state index in [0.717, 1.165) is 10.8 Å². The summed E-state index contributed by atoms with van der Waals surface area (Å²) in [4.78, 5) is 10.3. The fraction of sp³-hybridized carbons (Fsp3) is 0.364. The molecule has 0 unspecified atom stereocenters. The lowest BCUT2D eigenvalue weighted by Crippen LogP contribution is -2.66. The van der Waals surface area contributed by atoms with Gasteiger partial charge in [0.2, 0.25) is 0 Å². The number of nitrogens with zero attached hydrogens (tertiary/aromatic N) is 5. The van der Waals surface area contributed by atoms with Crippen LogP contribution in [0.15, 0.2) is 48.9 Å². The van der Waals surface area contributed by atoms with Crippen molar-refractivity contribution in [2.75, 3.05) is 11.9 Å². The van der Waals surface area contributed by atoms with E-state index in [9.17, 15) is 5.11 Å². The van der Waals surface area contributed by atoms with Crippen LogP contribution in [-0.2, 0) is 0 Å². The predicted molar refractivity (Wildman–Crippen MR) is 113 cm³/mol. The summed E-state index contributed by atoms with van der Waals surface area (Å²) in [5.74, 6) is 0.861. The van der Waals surface area contributed by atoms with Crippen molar-refractivity contribution in [1.82, 2.24) is 25.5 Å². The van der Waals surface area contributed by atoms with E-state index in [2.05, 4.69) is 38.5 Å². The second kappa shape index (κ2) is 6.43. The van der Waals surface area contributed by atoms with E-state index in [-0.39, 0.29) is 17.3 Å². The quantitative estimate of drug-likeness (QED) is 0.647. The number of halogens is 1. The minimum absolute atomic E-state index is 0.0593. The lowest BCUT2D eigenvalue weighted by Gasteiger charge is -2.47. The smallest absolute Gasteiger partial charge is 0.185 e. The van der Waals surface area contributed by atoms with Gasteiger partial charge in [0, 0.05) is 30.4 Å². The van der Waals surface area contributed by atoms with E-state index in [4.69, 9.17) is 0 Å². The van der Waals surface area contributed by atoms with Gasteiger partial charge >= 0.3 is 0 Å². The number of phenolic OH excluding ortho intramolecular Hbond substituents is 1. The third-order valence-corrected chi connectivity index (χ3v) is 6.30. The molecule has 154 valence electrons. The number of alkyl halides is 1. The van der Waals surface area contributed by atoms with Crippen molar-refractivity contribution in [1.29, 1.82) is 0 Å². The van der Waals surface area contributed by atoms with Crippen molar-refractivity contribution in [3.8, 4) is 17.1 Å². The fourth-order valence-electron chi connectivity index (χ4n) is 4.63. The molecular weight excluding hydrogens is 383 g/mol. The second-order valence-corrected chi connectivity index (χ2v) is 8.67. The number of hydrogen-bond acceptors (Lipinski definition) is 7. The standard InChI is InChI=1S/C22H23FN6O/c1-21-5-6-22(2,28-21)19(23)16(10-21)29(3)18-12-25-20(27-26-18)15-8-13-4-7-24-11-14(13)9-17(15)30/h4-9,11-12,16,19,28,30H,10H2,1-3H3/t16-,19+,21-,22+/m0/s1. The number of fused-ring (bicyclic) bond motifs is 3. The Morgan fingerprint density at radius 2 is 2.00 bits per heavy atom. The molecule has 5 rings (SSSR count). The van der Waals surface area contributed by atoms with Gasteiger partial charge in [-0.2, -0.15) is 0 Å². The Morgan fingerprint density at radius 3 is 2.77 bits per heavy atom. The summed E-state index contributed by atoms with van der Waals surface area (Å²) >= 11 is 0. The molecule has 8 heteroatoms. The first-order valence-electron chi connectivity index (χ1n) is 9.91. The molecular formula is C22H23FN6O. The van der Waals surface area contributed by atoms with Gasteiger partial charge in [0.1, 0.15) is 11.9 Å². The number of rotatable bonds is 3. The van der Waals surface area contributed by atoms with Crippen LogP contribution in [0.25, 0.3) is 22.2 Å². The molecule has 1 saturated heterocycles. The lowest BCUT2D eigenvalue weighted by molar-refractivity contribution is 0.100.